The highest BCUT2D eigenvalue weighted by Gasteiger charge is 2.19. The molecule has 0 saturated carbocycles. The van der Waals surface area contributed by atoms with Crippen LogP contribution in [0.5, 0.6) is 0 Å². The standard InChI is InChI=1S/C13H20ClN3O/c1-4-9(3)8-17(5-2)13(18)11-6-10(15)7-16-12(11)14/h6-7,9H,4-5,8,15H2,1-3H3. The molecule has 1 atom stereocenters. The van der Waals surface area contributed by atoms with Gasteiger partial charge >= 0.3 is 0 Å². The van der Waals surface area contributed by atoms with Crippen LogP contribution in [0.3, 0.4) is 0 Å². The van der Waals surface area contributed by atoms with Crippen molar-refractivity contribution in [2.75, 3.05) is 18.8 Å². The molecule has 0 spiro atoms. The molecule has 0 aromatic carbocycles. The number of anilines is 1. The zero-order chi connectivity index (χ0) is 13.7. The summed E-state index contributed by atoms with van der Waals surface area (Å²) in [6, 6.07) is 1.58. The number of carbonyl (C=O) groups is 1. The van der Waals surface area contributed by atoms with Crippen LogP contribution in [0.4, 0.5) is 5.69 Å². The number of amides is 1. The second kappa shape index (κ2) is 6.59. The zero-order valence-electron chi connectivity index (χ0n) is 11.1. The second-order valence-electron chi connectivity index (χ2n) is 4.46. The maximum atomic E-state index is 12.3. The van der Waals surface area contributed by atoms with Crippen LogP contribution in [-0.2, 0) is 0 Å². The minimum Gasteiger partial charge on any atom is -0.397 e. The van der Waals surface area contributed by atoms with Crippen molar-refractivity contribution in [3.05, 3.63) is 23.0 Å². The molecule has 1 amide bonds. The topological polar surface area (TPSA) is 59.2 Å². The lowest BCUT2D eigenvalue weighted by molar-refractivity contribution is 0.0740. The fraction of sp³-hybridized carbons (Fsp3) is 0.538. The van der Waals surface area contributed by atoms with E-state index in [4.69, 9.17) is 17.3 Å². The number of nitrogens with two attached hydrogens (primary N) is 1. The van der Waals surface area contributed by atoms with Crippen molar-refractivity contribution in [2.24, 2.45) is 5.92 Å². The highest BCUT2D eigenvalue weighted by Crippen LogP contribution is 2.18. The lowest BCUT2D eigenvalue weighted by atomic mass is 10.1. The summed E-state index contributed by atoms with van der Waals surface area (Å²) in [5.41, 5.74) is 6.47. The Bertz CT molecular complexity index is 423. The Balaban J connectivity index is 2.92. The van der Waals surface area contributed by atoms with Gasteiger partial charge in [-0.15, -0.1) is 0 Å². The molecule has 1 aromatic rings. The average Bonchev–Trinajstić information content (AvgIpc) is 2.37. The molecule has 0 aliphatic carbocycles. The predicted octanol–water partition coefficient (Wildman–Crippen LogP) is 2.83. The van der Waals surface area contributed by atoms with Crippen molar-refractivity contribution in [3.63, 3.8) is 0 Å². The minimum absolute atomic E-state index is 0.109. The molecule has 1 heterocycles. The average molecular weight is 270 g/mol. The van der Waals surface area contributed by atoms with Gasteiger partial charge in [0.25, 0.3) is 5.91 Å². The summed E-state index contributed by atoms with van der Waals surface area (Å²) in [5, 5.41) is 0.205. The predicted molar refractivity (Wildman–Crippen MR) is 74.7 cm³/mol. The number of nitrogen functional groups attached to an aromatic ring is 1. The molecule has 0 radical (unpaired) electrons. The molecule has 2 N–H and O–H groups in total. The fourth-order valence-electron chi connectivity index (χ4n) is 1.65. The lowest BCUT2D eigenvalue weighted by Gasteiger charge is -2.24. The fourth-order valence-corrected chi connectivity index (χ4v) is 1.83. The van der Waals surface area contributed by atoms with Crippen LogP contribution in [0, 0.1) is 5.92 Å². The van der Waals surface area contributed by atoms with Gasteiger partial charge in [0, 0.05) is 13.1 Å². The Labute approximate surface area is 113 Å². The molecule has 0 fully saturated rings. The Morgan fingerprint density at radius 3 is 2.78 bits per heavy atom. The number of halogens is 1. The van der Waals surface area contributed by atoms with E-state index in [2.05, 4.69) is 18.8 Å². The number of hydrogen-bond donors (Lipinski definition) is 1. The van der Waals surface area contributed by atoms with E-state index in [0.29, 0.717) is 23.7 Å². The molecule has 1 rings (SSSR count). The number of rotatable bonds is 5. The molecule has 100 valence electrons. The number of nitrogens with zero attached hydrogens (tertiary/aromatic N) is 2. The Kier molecular flexibility index (Phi) is 5.41. The van der Waals surface area contributed by atoms with E-state index < -0.39 is 0 Å². The largest absolute Gasteiger partial charge is 0.397 e. The van der Waals surface area contributed by atoms with Crippen molar-refractivity contribution < 1.29 is 4.79 Å². The van der Waals surface area contributed by atoms with Gasteiger partial charge in [0.1, 0.15) is 5.15 Å². The second-order valence-corrected chi connectivity index (χ2v) is 4.82. The highest BCUT2D eigenvalue weighted by molar-refractivity contribution is 6.32. The summed E-state index contributed by atoms with van der Waals surface area (Å²) in [5.74, 6) is 0.351. The number of pyridine rings is 1. The van der Waals surface area contributed by atoms with E-state index in [1.165, 1.54) is 6.20 Å². The Morgan fingerprint density at radius 1 is 1.56 bits per heavy atom. The monoisotopic (exact) mass is 269 g/mol. The highest BCUT2D eigenvalue weighted by atomic mass is 35.5. The molecule has 1 aromatic heterocycles. The quantitative estimate of drug-likeness (QED) is 0.836. The first kappa shape index (κ1) is 14.8. The van der Waals surface area contributed by atoms with Crippen LogP contribution < -0.4 is 5.73 Å². The van der Waals surface area contributed by atoms with Gasteiger partial charge in [-0.2, -0.15) is 0 Å². The van der Waals surface area contributed by atoms with Crippen molar-refractivity contribution in [1.29, 1.82) is 0 Å². The number of carbonyl (C=O) groups excluding carboxylic acids is 1. The molecule has 0 aliphatic heterocycles. The van der Waals surface area contributed by atoms with Gasteiger partial charge in [-0.1, -0.05) is 31.9 Å². The van der Waals surface area contributed by atoms with Gasteiger partial charge < -0.3 is 10.6 Å². The molecule has 0 bridgehead atoms. The summed E-state index contributed by atoms with van der Waals surface area (Å²) >= 11 is 5.95. The maximum absolute atomic E-state index is 12.3. The lowest BCUT2D eigenvalue weighted by Crippen LogP contribution is -2.34. The van der Waals surface area contributed by atoms with E-state index in [1.54, 1.807) is 11.0 Å². The van der Waals surface area contributed by atoms with Gasteiger partial charge in [0.2, 0.25) is 0 Å². The van der Waals surface area contributed by atoms with E-state index >= 15 is 0 Å². The van der Waals surface area contributed by atoms with Crippen molar-refractivity contribution in [2.45, 2.75) is 27.2 Å². The van der Waals surface area contributed by atoms with Gasteiger partial charge in [-0.3, -0.25) is 4.79 Å². The van der Waals surface area contributed by atoms with Crippen LogP contribution in [0.1, 0.15) is 37.6 Å². The normalized spacial score (nSPS) is 12.2. The van der Waals surface area contributed by atoms with Crippen LogP contribution in [-0.4, -0.2) is 28.9 Å². The first-order chi connectivity index (χ1) is 8.49. The van der Waals surface area contributed by atoms with Crippen LogP contribution in [0.25, 0.3) is 0 Å². The third-order valence-electron chi connectivity index (χ3n) is 2.99. The van der Waals surface area contributed by atoms with E-state index in [-0.39, 0.29) is 11.1 Å². The molecule has 0 aliphatic rings. The van der Waals surface area contributed by atoms with Crippen molar-refractivity contribution >= 4 is 23.2 Å². The number of aromatic nitrogens is 1. The van der Waals surface area contributed by atoms with E-state index in [0.717, 1.165) is 13.0 Å². The summed E-state index contributed by atoms with van der Waals surface area (Å²) in [7, 11) is 0. The molecule has 5 heteroatoms. The Hall–Kier alpha value is -1.29. The first-order valence-corrected chi connectivity index (χ1v) is 6.57. The third-order valence-corrected chi connectivity index (χ3v) is 3.29. The molecule has 1 unspecified atom stereocenters. The Morgan fingerprint density at radius 2 is 2.22 bits per heavy atom. The van der Waals surface area contributed by atoms with Gasteiger partial charge in [0.15, 0.2) is 0 Å². The summed E-state index contributed by atoms with van der Waals surface area (Å²) in [4.78, 5) is 18.0. The minimum atomic E-state index is -0.109. The zero-order valence-corrected chi connectivity index (χ0v) is 11.9. The number of hydrogen-bond acceptors (Lipinski definition) is 3. The third kappa shape index (κ3) is 3.60. The molecule has 0 saturated heterocycles. The van der Waals surface area contributed by atoms with Gasteiger partial charge in [0.05, 0.1) is 17.4 Å². The molecular formula is C13H20ClN3O. The van der Waals surface area contributed by atoms with Crippen molar-refractivity contribution in [1.82, 2.24) is 9.88 Å². The van der Waals surface area contributed by atoms with E-state index in [1.807, 2.05) is 6.92 Å². The van der Waals surface area contributed by atoms with Crippen LogP contribution in [0.2, 0.25) is 5.15 Å². The van der Waals surface area contributed by atoms with Gasteiger partial charge in [-0.05, 0) is 18.9 Å². The van der Waals surface area contributed by atoms with Gasteiger partial charge in [-0.25, -0.2) is 4.98 Å². The smallest absolute Gasteiger partial charge is 0.257 e. The molecule has 4 nitrogen and oxygen atoms in total. The maximum Gasteiger partial charge on any atom is 0.257 e. The molecular weight excluding hydrogens is 250 g/mol. The first-order valence-electron chi connectivity index (χ1n) is 6.19. The van der Waals surface area contributed by atoms with E-state index in [9.17, 15) is 4.79 Å². The van der Waals surface area contributed by atoms with Crippen LogP contribution >= 0.6 is 11.6 Å². The summed E-state index contributed by atoms with van der Waals surface area (Å²) in [6.07, 6.45) is 2.48. The van der Waals surface area contributed by atoms with Crippen LogP contribution in [0.15, 0.2) is 12.3 Å². The summed E-state index contributed by atoms with van der Waals surface area (Å²) < 4.78 is 0. The van der Waals surface area contributed by atoms with Crippen molar-refractivity contribution in [3.8, 4) is 0 Å². The SMILES string of the molecule is CCC(C)CN(CC)C(=O)c1cc(N)cnc1Cl. The summed E-state index contributed by atoms with van der Waals surface area (Å²) in [6.45, 7) is 7.55. The molecule has 18 heavy (non-hydrogen) atoms.